The minimum Gasteiger partial charge on any atom is -0.443 e. The predicted molar refractivity (Wildman–Crippen MR) is 93.7 cm³/mol. The zero-order valence-corrected chi connectivity index (χ0v) is 15.3. The van der Waals surface area contributed by atoms with Gasteiger partial charge in [-0.05, 0) is 38.3 Å². The Morgan fingerprint density at radius 1 is 1.25 bits per heavy atom. The van der Waals surface area contributed by atoms with Crippen LogP contribution in [0, 0.1) is 11.5 Å². The van der Waals surface area contributed by atoms with Crippen LogP contribution in [0.15, 0.2) is 30.3 Å². The molecule has 2 amide bonds. The molecule has 0 fully saturated rings. The van der Waals surface area contributed by atoms with Gasteiger partial charge in [-0.1, -0.05) is 30.3 Å². The van der Waals surface area contributed by atoms with E-state index >= 15 is 0 Å². The second-order valence-corrected chi connectivity index (χ2v) is 7.13. The van der Waals surface area contributed by atoms with Crippen LogP contribution in [0.5, 0.6) is 0 Å². The van der Waals surface area contributed by atoms with E-state index in [1.807, 2.05) is 30.3 Å². The van der Waals surface area contributed by atoms with Gasteiger partial charge in [0.2, 0.25) is 5.91 Å². The molecule has 0 atom stereocenters. The van der Waals surface area contributed by atoms with Crippen molar-refractivity contribution in [3.63, 3.8) is 0 Å². The van der Waals surface area contributed by atoms with Crippen LogP contribution in [0.25, 0.3) is 0 Å². The fourth-order valence-corrected chi connectivity index (χ4v) is 2.53. The molecule has 0 bridgehead atoms. The van der Waals surface area contributed by atoms with E-state index in [0.717, 1.165) is 10.5 Å². The summed E-state index contributed by atoms with van der Waals surface area (Å²) in [6.45, 7) is 5.55. The van der Waals surface area contributed by atoms with Gasteiger partial charge in [-0.2, -0.15) is 5.26 Å². The molecule has 0 aliphatic heterocycles. The average Bonchev–Trinajstić information content (AvgIpc) is 2.53. The number of rotatable bonds is 6. The van der Waals surface area contributed by atoms with Crippen molar-refractivity contribution in [3.05, 3.63) is 35.9 Å². The number of nitrogens with zero attached hydrogens (tertiary/aromatic N) is 3. The van der Waals surface area contributed by atoms with E-state index in [4.69, 9.17) is 10.00 Å². The van der Waals surface area contributed by atoms with Gasteiger partial charge in [0.15, 0.2) is 6.19 Å². The van der Waals surface area contributed by atoms with Crippen molar-refractivity contribution in [1.29, 1.82) is 5.26 Å². The monoisotopic (exact) mass is 349 g/mol. The lowest BCUT2D eigenvalue weighted by atomic mass is 10.2. The lowest BCUT2D eigenvalue weighted by molar-refractivity contribution is -0.127. The SMILES string of the molecule is CN(C#N)C(=O)CCN(SCc1ccccc1)C(=O)OC(C)(C)C. The van der Waals surface area contributed by atoms with Crippen molar-refractivity contribution in [2.45, 2.75) is 38.5 Å². The smallest absolute Gasteiger partial charge is 0.420 e. The zero-order valence-electron chi connectivity index (χ0n) is 14.5. The van der Waals surface area contributed by atoms with Gasteiger partial charge in [-0.25, -0.2) is 4.79 Å². The summed E-state index contributed by atoms with van der Waals surface area (Å²) in [4.78, 5) is 25.1. The number of amides is 2. The molecule has 24 heavy (non-hydrogen) atoms. The summed E-state index contributed by atoms with van der Waals surface area (Å²) in [7, 11) is 1.40. The number of benzene rings is 1. The van der Waals surface area contributed by atoms with Crippen LogP contribution in [0.2, 0.25) is 0 Å². The third-order valence-corrected chi connectivity index (χ3v) is 3.99. The van der Waals surface area contributed by atoms with Crippen LogP contribution in [0.1, 0.15) is 32.8 Å². The van der Waals surface area contributed by atoms with Gasteiger partial charge >= 0.3 is 6.09 Å². The molecule has 1 aromatic rings. The Bertz CT molecular complexity index is 593. The fraction of sp³-hybridized carbons (Fsp3) is 0.471. The van der Waals surface area contributed by atoms with Crippen LogP contribution in [-0.2, 0) is 15.3 Å². The maximum atomic E-state index is 12.3. The first-order chi connectivity index (χ1) is 11.2. The van der Waals surface area contributed by atoms with E-state index in [0.29, 0.717) is 5.75 Å². The summed E-state index contributed by atoms with van der Waals surface area (Å²) in [6.07, 6.45) is 1.33. The van der Waals surface area contributed by atoms with E-state index < -0.39 is 11.7 Å². The normalized spacial score (nSPS) is 10.6. The minimum atomic E-state index is -0.615. The standard InChI is InChI=1S/C17H23N3O3S/c1-17(2,3)23-16(22)20(11-10-15(21)19(4)13-18)24-12-14-8-6-5-7-9-14/h5-9H,10-12H2,1-4H3. The Hall–Kier alpha value is -2.20. The third-order valence-electron chi connectivity index (χ3n) is 2.88. The summed E-state index contributed by atoms with van der Waals surface area (Å²) in [5, 5.41) is 8.73. The van der Waals surface area contributed by atoms with E-state index in [1.165, 1.54) is 23.3 Å². The van der Waals surface area contributed by atoms with Gasteiger partial charge in [-0.3, -0.25) is 14.0 Å². The summed E-state index contributed by atoms with van der Waals surface area (Å²) in [5.74, 6) is 0.244. The second-order valence-electron chi connectivity index (χ2n) is 6.14. The number of carbonyl (C=O) groups excluding carboxylic acids is 2. The first-order valence-electron chi connectivity index (χ1n) is 7.56. The highest BCUT2D eigenvalue weighted by Gasteiger charge is 2.23. The lowest BCUT2D eigenvalue weighted by Gasteiger charge is -2.26. The Labute approximate surface area is 147 Å². The van der Waals surface area contributed by atoms with Crippen LogP contribution in [0.4, 0.5) is 4.79 Å². The highest BCUT2D eigenvalue weighted by Crippen LogP contribution is 2.21. The summed E-state index contributed by atoms with van der Waals surface area (Å²) in [5.41, 5.74) is 0.451. The minimum absolute atomic E-state index is 0.0606. The highest BCUT2D eigenvalue weighted by molar-refractivity contribution is 7.96. The van der Waals surface area contributed by atoms with E-state index in [1.54, 1.807) is 27.0 Å². The van der Waals surface area contributed by atoms with Gasteiger partial charge in [0.25, 0.3) is 0 Å². The molecule has 0 saturated heterocycles. The van der Waals surface area contributed by atoms with Gasteiger partial charge < -0.3 is 4.74 Å². The lowest BCUT2D eigenvalue weighted by Crippen LogP contribution is -2.35. The van der Waals surface area contributed by atoms with Crippen molar-refractivity contribution in [3.8, 4) is 6.19 Å². The number of hydrogen-bond acceptors (Lipinski definition) is 5. The number of nitriles is 1. The molecule has 0 aromatic heterocycles. The predicted octanol–water partition coefficient (Wildman–Crippen LogP) is 3.40. The van der Waals surface area contributed by atoms with E-state index in [2.05, 4.69) is 0 Å². The molecule has 0 spiro atoms. The second kappa shape index (κ2) is 9.18. The summed E-state index contributed by atoms with van der Waals surface area (Å²) < 4.78 is 6.82. The average molecular weight is 349 g/mol. The number of carbonyl (C=O) groups is 2. The Kier molecular flexibility index (Phi) is 7.59. The highest BCUT2D eigenvalue weighted by atomic mass is 32.2. The van der Waals surface area contributed by atoms with Crippen molar-refractivity contribution < 1.29 is 14.3 Å². The molecule has 1 aromatic carbocycles. The molecule has 0 aliphatic rings. The van der Waals surface area contributed by atoms with Crippen LogP contribution >= 0.6 is 11.9 Å². The van der Waals surface area contributed by atoms with Crippen molar-refractivity contribution in [2.75, 3.05) is 13.6 Å². The van der Waals surface area contributed by atoms with Gasteiger partial charge in [0.1, 0.15) is 5.60 Å². The summed E-state index contributed by atoms with van der Waals surface area (Å²) in [6, 6.07) is 9.72. The molecule has 1 rings (SSSR count). The van der Waals surface area contributed by atoms with Crippen molar-refractivity contribution >= 4 is 23.9 Å². The largest absolute Gasteiger partial charge is 0.443 e. The Balaban J connectivity index is 2.70. The molecule has 0 unspecified atom stereocenters. The van der Waals surface area contributed by atoms with Crippen LogP contribution < -0.4 is 0 Å². The van der Waals surface area contributed by atoms with Crippen LogP contribution in [-0.4, -0.2) is 40.4 Å². The van der Waals surface area contributed by atoms with E-state index in [-0.39, 0.29) is 18.9 Å². The van der Waals surface area contributed by atoms with Gasteiger partial charge in [0.05, 0.1) is 0 Å². The maximum Gasteiger partial charge on any atom is 0.420 e. The molecular weight excluding hydrogens is 326 g/mol. The molecule has 7 heteroatoms. The molecular formula is C17H23N3O3S. The van der Waals surface area contributed by atoms with Gasteiger partial charge in [-0.15, -0.1) is 0 Å². The molecule has 0 saturated carbocycles. The maximum absolute atomic E-state index is 12.3. The number of ether oxygens (including phenoxy) is 1. The first-order valence-corrected chi connectivity index (χ1v) is 8.51. The first kappa shape index (κ1) is 19.8. The molecule has 0 radical (unpaired) electrons. The third kappa shape index (κ3) is 7.38. The van der Waals surface area contributed by atoms with Crippen molar-refractivity contribution in [2.24, 2.45) is 0 Å². The quantitative estimate of drug-likeness (QED) is 0.447. The summed E-state index contributed by atoms with van der Waals surface area (Å²) >= 11 is 1.29. The molecule has 0 N–H and O–H groups in total. The van der Waals surface area contributed by atoms with Crippen LogP contribution in [0.3, 0.4) is 0 Å². The van der Waals surface area contributed by atoms with E-state index in [9.17, 15) is 9.59 Å². The van der Waals surface area contributed by atoms with Crippen molar-refractivity contribution in [1.82, 2.24) is 9.21 Å². The molecule has 0 aliphatic carbocycles. The Morgan fingerprint density at radius 3 is 2.42 bits per heavy atom. The van der Waals surface area contributed by atoms with Gasteiger partial charge in [0, 0.05) is 25.8 Å². The molecule has 0 heterocycles. The molecule has 130 valence electrons. The Morgan fingerprint density at radius 2 is 1.88 bits per heavy atom. The molecule has 6 nitrogen and oxygen atoms in total. The number of hydrogen-bond donors (Lipinski definition) is 0. The fourth-order valence-electron chi connectivity index (χ4n) is 1.67. The zero-order chi connectivity index (χ0) is 18.2. The topological polar surface area (TPSA) is 73.6 Å².